The Hall–Kier alpha value is -1.10. The van der Waals surface area contributed by atoms with E-state index in [2.05, 4.69) is 12.2 Å². The van der Waals surface area contributed by atoms with Gasteiger partial charge in [0.25, 0.3) is 5.91 Å². The molecule has 5 nitrogen and oxygen atoms in total. The van der Waals surface area contributed by atoms with Gasteiger partial charge >= 0.3 is 0 Å². The molecule has 0 aliphatic heterocycles. The van der Waals surface area contributed by atoms with Gasteiger partial charge in [-0.15, -0.1) is 0 Å². The van der Waals surface area contributed by atoms with E-state index in [4.69, 9.17) is 5.21 Å². The molecule has 1 unspecified atom stereocenters. The summed E-state index contributed by atoms with van der Waals surface area (Å²) in [6, 6.07) is -0.637. The summed E-state index contributed by atoms with van der Waals surface area (Å²) in [6.07, 6.45) is 9.04. The third-order valence-corrected chi connectivity index (χ3v) is 3.18. The maximum absolute atomic E-state index is 11.6. The van der Waals surface area contributed by atoms with E-state index >= 15 is 0 Å². The number of hydrogen-bond donors (Lipinski definition) is 3. The summed E-state index contributed by atoms with van der Waals surface area (Å²) >= 11 is 0. The normalized spacial score (nSPS) is 11.9. The lowest BCUT2D eigenvalue weighted by Gasteiger charge is -2.14. The number of carbonyl (C=O) groups excluding carboxylic acids is 2. The van der Waals surface area contributed by atoms with Gasteiger partial charge in [-0.2, -0.15) is 0 Å². The van der Waals surface area contributed by atoms with Crippen LogP contribution in [0.2, 0.25) is 0 Å². The Morgan fingerprint density at radius 3 is 2.11 bits per heavy atom. The number of unbranched alkanes of at least 4 members (excludes halogenated alkanes) is 6. The lowest BCUT2D eigenvalue weighted by molar-refractivity contribution is -0.134. The molecule has 1 atom stereocenters. The van der Waals surface area contributed by atoms with E-state index in [9.17, 15) is 9.59 Å². The number of amides is 2. The van der Waals surface area contributed by atoms with Crippen molar-refractivity contribution >= 4 is 11.8 Å². The van der Waals surface area contributed by atoms with Gasteiger partial charge in [0.15, 0.2) is 0 Å². The molecule has 0 rings (SSSR count). The smallest absolute Gasteiger partial charge is 0.265 e. The fourth-order valence-corrected chi connectivity index (χ4v) is 1.94. The summed E-state index contributed by atoms with van der Waals surface area (Å²) in [5, 5.41) is 11.1. The van der Waals surface area contributed by atoms with Crippen LogP contribution in [0.1, 0.15) is 71.6 Å². The maximum Gasteiger partial charge on any atom is 0.265 e. The van der Waals surface area contributed by atoms with Gasteiger partial charge < -0.3 is 5.32 Å². The van der Waals surface area contributed by atoms with Crippen LogP contribution in [0.3, 0.4) is 0 Å². The van der Waals surface area contributed by atoms with Crippen molar-refractivity contribution in [3.05, 3.63) is 0 Å². The van der Waals surface area contributed by atoms with E-state index in [-0.39, 0.29) is 5.91 Å². The summed E-state index contributed by atoms with van der Waals surface area (Å²) in [5.74, 6) is -0.681. The zero-order chi connectivity index (χ0) is 14.5. The minimum atomic E-state index is -0.637. The van der Waals surface area contributed by atoms with Crippen molar-refractivity contribution in [3.8, 4) is 0 Å². The molecule has 0 aliphatic rings. The van der Waals surface area contributed by atoms with Gasteiger partial charge in [-0.05, 0) is 12.8 Å². The van der Waals surface area contributed by atoms with E-state index in [0.717, 1.165) is 12.8 Å². The van der Waals surface area contributed by atoms with Crippen LogP contribution in [0.4, 0.5) is 0 Å². The highest BCUT2D eigenvalue weighted by Gasteiger charge is 2.17. The predicted octanol–water partition coefficient (Wildman–Crippen LogP) is 2.53. The Morgan fingerprint density at radius 2 is 1.58 bits per heavy atom. The van der Waals surface area contributed by atoms with Gasteiger partial charge in [0.05, 0.1) is 0 Å². The van der Waals surface area contributed by atoms with Crippen molar-refractivity contribution in [2.75, 3.05) is 0 Å². The number of carbonyl (C=O) groups is 2. The summed E-state index contributed by atoms with van der Waals surface area (Å²) in [4.78, 5) is 22.8. The van der Waals surface area contributed by atoms with Crippen LogP contribution in [0.5, 0.6) is 0 Å². The van der Waals surface area contributed by atoms with Crippen molar-refractivity contribution in [2.45, 2.75) is 77.7 Å². The summed E-state index contributed by atoms with van der Waals surface area (Å²) in [7, 11) is 0. The van der Waals surface area contributed by atoms with Crippen molar-refractivity contribution in [2.24, 2.45) is 0 Å². The largest absolute Gasteiger partial charge is 0.344 e. The molecule has 0 aromatic heterocycles. The van der Waals surface area contributed by atoms with E-state index < -0.39 is 11.9 Å². The highest BCUT2D eigenvalue weighted by molar-refractivity contribution is 5.86. The molecule has 0 fully saturated rings. The molecule has 0 aliphatic carbocycles. The zero-order valence-corrected chi connectivity index (χ0v) is 12.2. The fourth-order valence-electron chi connectivity index (χ4n) is 1.94. The molecule has 5 heteroatoms. The van der Waals surface area contributed by atoms with Gasteiger partial charge in [-0.3, -0.25) is 14.8 Å². The molecule has 0 spiro atoms. The fraction of sp³-hybridized carbons (Fsp3) is 0.857. The van der Waals surface area contributed by atoms with Gasteiger partial charge in [0, 0.05) is 6.42 Å². The first-order valence-corrected chi connectivity index (χ1v) is 7.39. The van der Waals surface area contributed by atoms with Crippen LogP contribution in [-0.2, 0) is 9.59 Å². The summed E-state index contributed by atoms with van der Waals surface area (Å²) < 4.78 is 0. The average Bonchev–Trinajstić information content (AvgIpc) is 2.42. The molecule has 0 aromatic carbocycles. The van der Waals surface area contributed by atoms with Crippen LogP contribution in [0, 0.1) is 0 Å². The quantitative estimate of drug-likeness (QED) is 0.307. The molecule has 0 bridgehead atoms. The molecule has 0 aromatic rings. The number of hydroxylamine groups is 1. The van der Waals surface area contributed by atoms with Gasteiger partial charge in [-0.1, -0.05) is 52.4 Å². The van der Waals surface area contributed by atoms with Crippen molar-refractivity contribution in [3.63, 3.8) is 0 Å². The van der Waals surface area contributed by atoms with E-state index in [1.165, 1.54) is 32.1 Å². The molecule has 112 valence electrons. The molecule has 3 N–H and O–H groups in total. The first kappa shape index (κ1) is 17.9. The maximum atomic E-state index is 11.6. The first-order chi connectivity index (χ1) is 9.15. The standard InChI is InChI=1S/C14H28N2O3/c1-3-5-6-7-8-9-10-11-13(17)15-12(4-2)14(18)16-19/h12,19H,3-11H2,1-2H3,(H,15,17)(H,16,18). The van der Waals surface area contributed by atoms with E-state index in [1.807, 2.05) is 0 Å². The third-order valence-electron chi connectivity index (χ3n) is 3.18. The van der Waals surface area contributed by atoms with Crippen molar-refractivity contribution in [1.29, 1.82) is 0 Å². The van der Waals surface area contributed by atoms with Crippen LogP contribution < -0.4 is 10.8 Å². The summed E-state index contributed by atoms with van der Waals surface area (Å²) in [5.41, 5.74) is 1.56. The van der Waals surface area contributed by atoms with E-state index in [1.54, 1.807) is 12.4 Å². The minimum Gasteiger partial charge on any atom is -0.344 e. The Morgan fingerprint density at radius 1 is 1.00 bits per heavy atom. The molecule has 0 radical (unpaired) electrons. The molecule has 0 saturated carbocycles. The highest BCUT2D eigenvalue weighted by Crippen LogP contribution is 2.08. The Bertz CT molecular complexity index is 257. The Balaban J connectivity index is 3.60. The van der Waals surface area contributed by atoms with Gasteiger partial charge in [0.1, 0.15) is 6.04 Å². The first-order valence-electron chi connectivity index (χ1n) is 7.39. The van der Waals surface area contributed by atoms with E-state index in [0.29, 0.717) is 12.8 Å². The van der Waals surface area contributed by atoms with Gasteiger partial charge in [-0.25, -0.2) is 5.48 Å². The number of rotatable bonds is 11. The molecule has 0 saturated heterocycles. The monoisotopic (exact) mass is 272 g/mol. The van der Waals surface area contributed by atoms with Gasteiger partial charge in [0.2, 0.25) is 5.91 Å². The molecule has 0 heterocycles. The second-order valence-electron chi connectivity index (χ2n) is 4.88. The van der Waals surface area contributed by atoms with Crippen LogP contribution in [0.25, 0.3) is 0 Å². The zero-order valence-electron chi connectivity index (χ0n) is 12.2. The average molecular weight is 272 g/mol. The predicted molar refractivity (Wildman–Crippen MR) is 74.8 cm³/mol. The number of hydrogen-bond acceptors (Lipinski definition) is 3. The lowest BCUT2D eigenvalue weighted by atomic mass is 10.1. The molecular formula is C14H28N2O3. The minimum absolute atomic E-state index is 0.121. The van der Waals surface area contributed by atoms with Crippen LogP contribution in [0.15, 0.2) is 0 Å². The second kappa shape index (κ2) is 12.0. The number of nitrogens with one attached hydrogen (secondary N) is 2. The van der Waals surface area contributed by atoms with Crippen LogP contribution >= 0.6 is 0 Å². The summed E-state index contributed by atoms with van der Waals surface area (Å²) in [6.45, 7) is 3.98. The Labute approximate surface area is 116 Å². The SMILES string of the molecule is CCCCCCCCCC(=O)NC(CC)C(=O)NO. The second-order valence-corrected chi connectivity index (χ2v) is 4.88. The lowest BCUT2D eigenvalue weighted by Crippen LogP contribution is -2.45. The topological polar surface area (TPSA) is 78.4 Å². The highest BCUT2D eigenvalue weighted by atomic mass is 16.5. The van der Waals surface area contributed by atoms with Crippen molar-refractivity contribution < 1.29 is 14.8 Å². The molecular weight excluding hydrogens is 244 g/mol. The van der Waals surface area contributed by atoms with Crippen molar-refractivity contribution in [1.82, 2.24) is 10.8 Å². The molecule has 2 amide bonds. The molecule has 19 heavy (non-hydrogen) atoms. The Kier molecular flexibility index (Phi) is 11.3. The van der Waals surface area contributed by atoms with Crippen LogP contribution in [-0.4, -0.2) is 23.1 Å². The third kappa shape index (κ3) is 9.47.